The summed E-state index contributed by atoms with van der Waals surface area (Å²) in [6.45, 7) is 0. The van der Waals surface area contributed by atoms with Crippen molar-refractivity contribution in [1.29, 1.82) is 0 Å². The van der Waals surface area contributed by atoms with Crippen LogP contribution in [0.15, 0.2) is 0 Å². The zero-order valence-corrected chi connectivity index (χ0v) is 5.96. The van der Waals surface area contributed by atoms with E-state index >= 15 is 0 Å². The highest BCUT2D eigenvalue weighted by atomic mass is 16.6. The van der Waals surface area contributed by atoms with Gasteiger partial charge in [0.05, 0.1) is 0 Å². The van der Waals surface area contributed by atoms with Gasteiger partial charge in [0, 0.05) is 13.1 Å². The van der Waals surface area contributed by atoms with Gasteiger partial charge in [-0.3, -0.25) is 0 Å². The minimum atomic E-state index is -0.389. The number of rotatable bonds is 1. The van der Waals surface area contributed by atoms with Crippen LogP contribution in [0.25, 0.3) is 0 Å². The molecule has 0 aromatic heterocycles. The van der Waals surface area contributed by atoms with Crippen molar-refractivity contribution in [2.75, 3.05) is 7.05 Å². The lowest BCUT2D eigenvalue weighted by molar-refractivity contribution is 0.0367. The molecule has 3 N–H and O–H groups in total. The zero-order chi connectivity index (χ0) is 7.56. The van der Waals surface area contributed by atoms with Crippen molar-refractivity contribution in [2.45, 2.75) is 25.0 Å². The summed E-state index contributed by atoms with van der Waals surface area (Å²) in [5.74, 6) is 0. The van der Waals surface area contributed by atoms with Gasteiger partial charge in [0.25, 0.3) is 0 Å². The molecule has 0 bridgehead atoms. The second kappa shape index (κ2) is 2.88. The maximum atomic E-state index is 10.6. The van der Waals surface area contributed by atoms with E-state index in [4.69, 9.17) is 10.5 Å². The summed E-state index contributed by atoms with van der Waals surface area (Å²) in [5, 5.41) is 2.37. The van der Waals surface area contributed by atoms with Crippen LogP contribution in [0.3, 0.4) is 0 Å². The third kappa shape index (κ3) is 1.39. The van der Waals surface area contributed by atoms with Crippen molar-refractivity contribution in [3.8, 4) is 0 Å². The van der Waals surface area contributed by atoms with Gasteiger partial charge in [-0.25, -0.2) is 4.79 Å². The van der Waals surface area contributed by atoms with E-state index < -0.39 is 0 Å². The summed E-state index contributed by atoms with van der Waals surface area (Å²) in [7, 11) is 1.53. The van der Waals surface area contributed by atoms with Crippen molar-refractivity contribution in [3.05, 3.63) is 0 Å². The summed E-state index contributed by atoms with van der Waals surface area (Å²) >= 11 is 0. The van der Waals surface area contributed by atoms with Crippen molar-refractivity contribution in [3.63, 3.8) is 0 Å². The van der Waals surface area contributed by atoms with E-state index in [1.165, 1.54) is 7.05 Å². The predicted molar refractivity (Wildman–Crippen MR) is 36.5 cm³/mol. The van der Waals surface area contributed by atoms with E-state index in [0.29, 0.717) is 0 Å². The Kier molecular flexibility index (Phi) is 2.11. The molecule has 0 spiro atoms. The Morgan fingerprint density at radius 1 is 1.70 bits per heavy atom. The van der Waals surface area contributed by atoms with Crippen LogP contribution in [-0.4, -0.2) is 25.3 Å². The van der Waals surface area contributed by atoms with Crippen LogP contribution in [0.5, 0.6) is 0 Å². The van der Waals surface area contributed by atoms with Crippen LogP contribution in [0.1, 0.15) is 12.8 Å². The van der Waals surface area contributed by atoms with Gasteiger partial charge in [-0.1, -0.05) is 0 Å². The van der Waals surface area contributed by atoms with Crippen LogP contribution in [0, 0.1) is 0 Å². The Bertz CT molecular complexity index is 138. The number of nitrogens with one attached hydrogen (secondary N) is 1. The lowest BCUT2D eigenvalue weighted by Gasteiger charge is -2.32. The van der Waals surface area contributed by atoms with Gasteiger partial charge < -0.3 is 15.8 Å². The Morgan fingerprint density at radius 3 is 2.70 bits per heavy atom. The molecule has 2 atom stereocenters. The third-order valence-corrected chi connectivity index (χ3v) is 1.72. The number of nitrogens with two attached hydrogens (primary N) is 1. The molecule has 10 heavy (non-hydrogen) atoms. The van der Waals surface area contributed by atoms with E-state index in [-0.39, 0.29) is 18.2 Å². The zero-order valence-electron chi connectivity index (χ0n) is 5.96. The lowest BCUT2D eigenvalue weighted by Crippen LogP contribution is -2.47. The molecule has 0 aromatic rings. The Hall–Kier alpha value is -0.770. The molecule has 0 saturated heterocycles. The van der Waals surface area contributed by atoms with E-state index in [1.807, 2.05) is 0 Å². The molecule has 0 heterocycles. The number of ether oxygens (including phenoxy) is 1. The molecule has 4 nitrogen and oxygen atoms in total. The second-order valence-electron chi connectivity index (χ2n) is 2.43. The van der Waals surface area contributed by atoms with Crippen molar-refractivity contribution >= 4 is 6.09 Å². The molecular weight excluding hydrogens is 132 g/mol. The first-order valence-electron chi connectivity index (χ1n) is 3.38. The molecule has 1 aliphatic rings. The molecule has 4 heteroatoms. The minimum absolute atomic E-state index is 0.0531. The molecular formula is C6H12N2O2. The van der Waals surface area contributed by atoms with Gasteiger partial charge in [-0.05, 0) is 12.8 Å². The van der Waals surface area contributed by atoms with E-state index in [0.717, 1.165) is 12.8 Å². The highest BCUT2D eigenvalue weighted by Gasteiger charge is 2.30. The minimum Gasteiger partial charge on any atom is -0.445 e. The van der Waals surface area contributed by atoms with E-state index in [1.54, 1.807) is 0 Å². The van der Waals surface area contributed by atoms with Crippen LogP contribution in [0.4, 0.5) is 4.79 Å². The molecule has 0 aromatic carbocycles. The topological polar surface area (TPSA) is 64.3 Å². The monoisotopic (exact) mass is 144 g/mol. The van der Waals surface area contributed by atoms with E-state index in [9.17, 15) is 4.79 Å². The molecule has 0 radical (unpaired) electrons. The largest absolute Gasteiger partial charge is 0.445 e. The van der Waals surface area contributed by atoms with Crippen LogP contribution in [-0.2, 0) is 4.74 Å². The molecule has 0 aliphatic heterocycles. The smallest absolute Gasteiger partial charge is 0.407 e. The van der Waals surface area contributed by atoms with Crippen molar-refractivity contribution in [2.24, 2.45) is 5.73 Å². The molecule has 1 aliphatic carbocycles. The number of carbonyl (C=O) groups excluding carboxylic acids is 1. The number of hydrogen-bond acceptors (Lipinski definition) is 3. The first-order chi connectivity index (χ1) is 4.74. The van der Waals surface area contributed by atoms with Gasteiger partial charge in [0.1, 0.15) is 6.10 Å². The lowest BCUT2D eigenvalue weighted by atomic mass is 9.90. The molecule has 1 fully saturated rings. The molecule has 1 amide bonds. The summed E-state index contributed by atoms with van der Waals surface area (Å²) in [6.07, 6.45) is 1.41. The number of amides is 1. The summed E-state index contributed by atoms with van der Waals surface area (Å²) in [6, 6.07) is 0.0531. The van der Waals surface area contributed by atoms with E-state index in [2.05, 4.69) is 5.32 Å². The van der Waals surface area contributed by atoms with Crippen molar-refractivity contribution in [1.82, 2.24) is 5.32 Å². The Balaban J connectivity index is 2.19. The summed E-state index contributed by atoms with van der Waals surface area (Å²) < 4.78 is 4.87. The summed E-state index contributed by atoms with van der Waals surface area (Å²) in [4.78, 5) is 10.6. The SMILES string of the molecule is CNC(=O)O[C@@H]1CC[C@@H]1N. The highest BCUT2D eigenvalue weighted by Crippen LogP contribution is 2.20. The molecule has 1 rings (SSSR count). The fraction of sp³-hybridized carbons (Fsp3) is 0.833. The second-order valence-corrected chi connectivity index (χ2v) is 2.43. The molecule has 58 valence electrons. The third-order valence-electron chi connectivity index (χ3n) is 1.72. The maximum Gasteiger partial charge on any atom is 0.407 e. The van der Waals surface area contributed by atoms with Crippen LogP contribution in [0.2, 0.25) is 0 Å². The average Bonchev–Trinajstić information content (AvgIpc) is 1.96. The fourth-order valence-electron chi connectivity index (χ4n) is 0.838. The number of carbonyl (C=O) groups is 1. The molecule has 1 saturated carbocycles. The van der Waals surface area contributed by atoms with Crippen LogP contribution < -0.4 is 11.1 Å². The predicted octanol–water partition coefficient (Wildman–Crippen LogP) is -0.168. The average molecular weight is 144 g/mol. The van der Waals surface area contributed by atoms with Crippen LogP contribution >= 0.6 is 0 Å². The number of hydrogen-bond donors (Lipinski definition) is 2. The van der Waals surface area contributed by atoms with Gasteiger partial charge >= 0.3 is 6.09 Å². The first-order valence-corrected chi connectivity index (χ1v) is 3.38. The quantitative estimate of drug-likeness (QED) is 0.537. The maximum absolute atomic E-state index is 10.6. The fourth-order valence-corrected chi connectivity index (χ4v) is 0.838. The first kappa shape index (κ1) is 7.34. The van der Waals surface area contributed by atoms with Gasteiger partial charge in [0.2, 0.25) is 0 Å². The van der Waals surface area contributed by atoms with Gasteiger partial charge in [-0.2, -0.15) is 0 Å². The Labute approximate surface area is 59.7 Å². The number of alkyl carbamates (subject to hydrolysis) is 1. The normalized spacial score (nSPS) is 30.6. The van der Waals surface area contributed by atoms with Gasteiger partial charge in [0.15, 0.2) is 0 Å². The van der Waals surface area contributed by atoms with Gasteiger partial charge in [-0.15, -0.1) is 0 Å². The Morgan fingerprint density at radius 2 is 2.40 bits per heavy atom. The summed E-state index contributed by atoms with van der Waals surface area (Å²) in [5.41, 5.74) is 5.52. The highest BCUT2D eigenvalue weighted by molar-refractivity contribution is 5.67. The van der Waals surface area contributed by atoms with Crippen molar-refractivity contribution < 1.29 is 9.53 Å². The standard InChI is InChI=1S/C6H12N2O2/c1-8-6(9)10-5-3-2-4(5)7/h4-5H,2-3,7H2,1H3,(H,8,9)/t4-,5+/m0/s1. The molecule has 0 unspecified atom stereocenters.